The van der Waals surface area contributed by atoms with Crippen LogP contribution in [0.1, 0.15) is 25.7 Å². The standard InChI is InChI=1S/C17H21ClN4/c18-16-5-1-2-6-17(16)21-15-7-10-22(11-8-15)13-14(12-20)4-3-9-19/h1-2,5-6,14-15,21H,3-4,7-8,10-11,13H2/t14-/m0/s1. The first-order valence-electron chi connectivity index (χ1n) is 7.73. The van der Waals surface area contributed by atoms with Crippen molar-refractivity contribution in [3.63, 3.8) is 0 Å². The van der Waals surface area contributed by atoms with Gasteiger partial charge in [-0.2, -0.15) is 10.5 Å². The molecule has 0 radical (unpaired) electrons. The zero-order valence-electron chi connectivity index (χ0n) is 12.6. The van der Waals surface area contributed by atoms with Gasteiger partial charge in [0, 0.05) is 32.1 Å². The second kappa shape index (κ2) is 8.63. The zero-order chi connectivity index (χ0) is 15.8. The van der Waals surface area contributed by atoms with E-state index >= 15 is 0 Å². The van der Waals surface area contributed by atoms with Crippen LogP contribution in [-0.2, 0) is 0 Å². The summed E-state index contributed by atoms with van der Waals surface area (Å²) in [5.41, 5.74) is 0.992. The minimum atomic E-state index is -0.0345. The van der Waals surface area contributed by atoms with Gasteiger partial charge in [0.15, 0.2) is 0 Å². The van der Waals surface area contributed by atoms with Crippen LogP contribution in [0.25, 0.3) is 0 Å². The highest BCUT2D eigenvalue weighted by Gasteiger charge is 2.21. The maximum absolute atomic E-state index is 9.15. The van der Waals surface area contributed by atoms with E-state index in [1.165, 1.54) is 0 Å². The van der Waals surface area contributed by atoms with Gasteiger partial charge in [-0.15, -0.1) is 0 Å². The summed E-state index contributed by atoms with van der Waals surface area (Å²) in [7, 11) is 0. The minimum Gasteiger partial charge on any atom is -0.381 e. The normalized spacial score (nSPS) is 17.4. The van der Waals surface area contributed by atoms with Crippen LogP contribution in [0, 0.1) is 28.6 Å². The fraction of sp³-hybridized carbons (Fsp3) is 0.529. The fourth-order valence-corrected chi connectivity index (χ4v) is 3.00. The molecule has 0 aliphatic carbocycles. The molecule has 0 saturated carbocycles. The fourth-order valence-electron chi connectivity index (χ4n) is 2.81. The molecule has 1 atom stereocenters. The van der Waals surface area contributed by atoms with Crippen LogP contribution >= 0.6 is 11.6 Å². The third-order valence-corrected chi connectivity index (χ3v) is 4.42. The average Bonchev–Trinajstić information content (AvgIpc) is 2.55. The monoisotopic (exact) mass is 316 g/mol. The molecule has 2 rings (SSSR count). The molecule has 1 heterocycles. The highest BCUT2D eigenvalue weighted by Crippen LogP contribution is 2.24. The lowest BCUT2D eigenvalue weighted by molar-refractivity contribution is 0.199. The molecular weight excluding hydrogens is 296 g/mol. The molecule has 0 aromatic heterocycles. The van der Waals surface area contributed by atoms with Crippen molar-refractivity contribution in [1.82, 2.24) is 4.90 Å². The summed E-state index contributed by atoms with van der Waals surface area (Å²) >= 11 is 6.17. The van der Waals surface area contributed by atoms with Crippen LogP contribution in [0.3, 0.4) is 0 Å². The number of nitriles is 2. The first-order chi connectivity index (χ1) is 10.7. The number of hydrogen-bond donors (Lipinski definition) is 1. The third kappa shape index (κ3) is 4.91. The lowest BCUT2D eigenvalue weighted by atomic mass is 10.0. The second-order valence-electron chi connectivity index (χ2n) is 5.72. The Morgan fingerprint density at radius 3 is 2.64 bits per heavy atom. The van der Waals surface area contributed by atoms with Crippen LogP contribution in [0.5, 0.6) is 0 Å². The molecule has 0 spiro atoms. The van der Waals surface area contributed by atoms with Crippen molar-refractivity contribution < 1.29 is 0 Å². The van der Waals surface area contributed by atoms with Gasteiger partial charge in [-0.05, 0) is 31.4 Å². The molecule has 1 aliphatic rings. The van der Waals surface area contributed by atoms with E-state index < -0.39 is 0 Å². The average molecular weight is 317 g/mol. The van der Waals surface area contributed by atoms with E-state index in [4.69, 9.17) is 22.1 Å². The van der Waals surface area contributed by atoms with E-state index in [0.717, 1.165) is 43.2 Å². The molecule has 1 aromatic carbocycles. The van der Waals surface area contributed by atoms with Gasteiger partial charge in [0.05, 0.1) is 28.8 Å². The van der Waals surface area contributed by atoms with Gasteiger partial charge in [-0.1, -0.05) is 23.7 Å². The Kier molecular flexibility index (Phi) is 6.52. The topological polar surface area (TPSA) is 62.9 Å². The molecule has 1 aliphatic heterocycles. The number of nitrogens with zero attached hydrogens (tertiary/aromatic N) is 3. The Bertz CT molecular complexity index is 553. The second-order valence-corrected chi connectivity index (χ2v) is 6.13. The van der Waals surface area contributed by atoms with E-state index in [9.17, 15) is 0 Å². The minimum absolute atomic E-state index is 0.0345. The third-order valence-electron chi connectivity index (χ3n) is 4.09. The number of benzene rings is 1. The molecule has 5 heteroatoms. The predicted octanol–water partition coefficient (Wildman–Crippen LogP) is 3.66. The Labute approximate surface area is 137 Å². The van der Waals surface area contributed by atoms with Crippen molar-refractivity contribution in [3.05, 3.63) is 29.3 Å². The highest BCUT2D eigenvalue weighted by atomic mass is 35.5. The Morgan fingerprint density at radius 1 is 1.27 bits per heavy atom. The summed E-state index contributed by atoms with van der Waals surface area (Å²) in [5, 5.41) is 22.0. The Hall–Kier alpha value is -1.75. The number of piperidine rings is 1. The van der Waals surface area contributed by atoms with E-state index in [2.05, 4.69) is 22.4 Å². The van der Waals surface area contributed by atoms with E-state index in [1.807, 2.05) is 24.3 Å². The molecule has 1 aromatic rings. The summed E-state index contributed by atoms with van der Waals surface area (Å²) in [6, 6.07) is 12.7. The summed E-state index contributed by atoms with van der Waals surface area (Å²) in [6.45, 7) is 2.73. The molecule has 116 valence electrons. The van der Waals surface area contributed by atoms with Crippen molar-refractivity contribution in [2.45, 2.75) is 31.7 Å². The maximum Gasteiger partial charge on any atom is 0.0669 e. The number of halogens is 1. The van der Waals surface area contributed by atoms with Crippen LogP contribution in [-0.4, -0.2) is 30.6 Å². The van der Waals surface area contributed by atoms with Gasteiger partial charge in [-0.25, -0.2) is 0 Å². The first kappa shape index (κ1) is 16.6. The molecule has 0 bridgehead atoms. The first-order valence-corrected chi connectivity index (χ1v) is 8.10. The number of nitrogens with one attached hydrogen (secondary N) is 1. The maximum atomic E-state index is 9.15. The van der Waals surface area contributed by atoms with Crippen molar-refractivity contribution in [2.75, 3.05) is 25.0 Å². The summed E-state index contributed by atoms with van der Waals surface area (Å²) in [4.78, 5) is 2.33. The predicted molar refractivity (Wildman–Crippen MR) is 88.5 cm³/mol. The van der Waals surface area contributed by atoms with Gasteiger partial charge in [0.2, 0.25) is 0 Å². The van der Waals surface area contributed by atoms with E-state index in [0.29, 0.717) is 18.9 Å². The Morgan fingerprint density at radius 2 is 2.00 bits per heavy atom. The molecule has 22 heavy (non-hydrogen) atoms. The number of hydrogen-bond acceptors (Lipinski definition) is 4. The molecule has 1 saturated heterocycles. The van der Waals surface area contributed by atoms with E-state index in [1.54, 1.807) is 0 Å². The van der Waals surface area contributed by atoms with Crippen molar-refractivity contribution in [3.8, 4) is 12.1 Å². The molecule has 1 fully saturated rings. The zero-order valence-corrected chi connectivity index (χ0v) is 13.4. The molecule has 0 unspecified atom stereocenters. The number of rotatable bonds is 6. The smallest absolute Gasteiger partial charge is 0.0669 e. The van der Waals surface area contributed by atoms with Crippen LogP contribution < -0.4 is 5.32 Å². The molecule has 4 nitrogen and oxygen atoms in total. The summed E-state index contributed by atoms with van der Waals surface area (Å²) < 4.78 is 0. The van der Waals surface area contributed by atoms with Crippen LogP contribution in [0.15, 0.2) is 24.3 Å². The van der Waals surface area contributed by atoms with Crippen molar-refractivity contribution in [1.29, 1.82) is 10.5 Å². The Balaban J connectivity index is 1.77. The highest BCUT2D eigenvalue weighted by molar-refractivity contribution is 6.33. The molecular formula is C17H21ClN4. The number of anilines is 1. The van der Waals surface area contributed by atoms with Crippen molar-refractivity contribution >= 4 is 17.3 Å². The van der Waals surface area contributed by atoms with Crippen molar-refractivity contribution in [2.24, 2.45) is 5.92 Å². The summed E-state index contributed by atoms with van der Waals surface area (Å²) in [6.07, 6.45) is 3.22. The lowest BCUT2D eigenvalue weighted by Crippen LogP contribution is -2.41. The number of likely N-dealkylation sites (tertiary alicyclic amines) is 1. The molecule has 0 amide bonds. The van der Waals surface area contributed by atoms with Crippen LogP contribution in [0.2, 0.25) is 5.02 Å². The largest absolute Gasteiger partial charge is 0.381 e. The SMILES string of the molecule is N#CCC[C@@H](C#N)CN1CCC(Nc2ccccc2Cl)CC1. The van der Waals surface area contributed by atoms with Gasteiger partial charge in [0.1, 0.15) is 0 Å². The van der Waals surface area contributed by atoms with Gasteiger partial charge < -0.3 is 10.2 Å². The number of para-hydroxylation sites is 1. The van der Waals surface area contributed by atoms with E-state index in [-0.39, 0.29) is 5.92 Å². The van der Waals surface area contributed by atoms with Crippen LogP contribution in [0.4, 0.5) is 5.69 Å². The molecule has 1 N–H and O–H groups in total. The quantitative estimate of drug-likeness (QED) is 0.870. The van der Waals surface area contributed by atoms with Gasteiger partial charge >= 0.3 is 0 Å². The summed E-state index contributed by atoms with van der Waals surface area (Å²) in [5.74, 6) is -0.0345. The van der Waals surface area contributed by atoms with Gasteiger partial charge in [0.25, 0.3) is 0 Å². The lowest BCUT2D eigenvalue weighted by Gasteiger charge is -2.33. The van der Waals surface area contributed by atoms with Gasteiger partial charge in [-0.3, -0.25) is 0 Å².